The second kappa shape index (κ2) is 10.8. The van der Waals surface area contributed by atoms with E-state index in [0.29, 0.717) is 31.4 Å². The van der Waals surface area contributed by atoms with Gasteiger partial charge in [0.1, 0.15) is 0 Å². The topological polar surface area (TPSA) is 88.8 Å². The lowest BCUT2D eigenvalue weighted by molar-refractivity contribution is -0.384. The fourth-order valence-electron chi connectivity index (χ4n) is 3.62. The molecule has 1 saturated heterocycles. The molecule has 1 aromatic heterocycles. The summed E-state index contributed by atoms with van der Waals surface area (Å²) in [5.41, 5.74) is 2.97. The van der Waals surface area contributed by atoms with E-state index in [1.54, 1.807) is 4.90 Å². The standard InChI is InChI=1S/C22H23ClN4O4S.ClH/c1-14-3-6-19-20(15(14)2)24-22(32-19)26(8-7-25-9-11-31-12-10-25)21(28)17-13-16(27(29)30)4-5-18(17)23;/h3-6,13H,7-12H2,1-2H3;1H. The van der Waals surface area contributed by atoms with E-state index >= 15 is 0 Å². The first-order chi connectivity index (χ1) is 15.3. The van der Waals surface area contributed by atoms with Crippen LogP contribution in [0.5, 0.6) is 0 Å². The van der Waals surface area contributed by atoms with Crippen LogP contribution in [-0.4, -0.2) is 60.1 Å². The number of hydrogen-bond donors (Lipinski definition) is 0. The average Bonchev–Trinajstić information content (AvgIpc) is 3.22. The monoisotopic (exact) mass is 510 g/mol. The van der Waals surface area contributed by atoms with Crippen molar-refractivity contribution in [1.82, 2.24) is 9.88 Å². The van der Waals surface area contributed by atoms with Crippen LogP contribution in [0.25, 0.3) is 10.2 Å². The van der Waals surface area contributed by atoms with Crippen molar-refractivity contribution >= 4 is 62.3 Å². The zero-order chi connectivity index (χ0) is 22.8. The molecule has 176 valence electrons. The molecule has 0 saturated carbocycles. The molecule has 3 aromatic rings. The minimum atomic E-state index is -0.533. The number of fused-ring (bicyclic) bond motifs is 1. The van der Waals surface area contributed by atoms with Gasteiger partial charge in [0.15, 0.2) is 5.13 Å². The molecule has 1 amide bonds. The van der Waals surface area contributed by atoms with Crippen molar-refractivity contribution < 1.29 is 14.5 Å². The number of hydrogen-bond acceptors (Lipinski definition) is 7. The van der Waals surface area contributed by atoms with Gasteiger partial charge in [-0.05, 0) is 37.1 Å². The number of carbonyl (C=O) groups is 1. The molecule has 4 rings (SSSR count). The predicted octanol–water partition coefficient (Wildman–Crippen LogP) is 4.88. The summed E-state index contributed by atoms with van der Waals surface area (Å²) >= 11 is 7.71. The minimum Gasteiger partial charge on any atom is -0.379 e. The van der Waals surface area contributed by atoms with Crippen molar-refractivity contribution in [3.8, 4) is 0 Å². The molecule has 8 nitrogen and oxygen atoms in total. The van der Waals surface area contributed by atoms with E-state index in [4.69, 9.17) is 21.3 Å². The van der Waals surface area contributed by atoms with E-state index in [1.165, 1.54) is 29.5 Å². The molecule has 0 N–H and O–H groups in total. The number of nitro groups is 1. The first-order valence-corrected chi connectivity index (χ1v) is 11.5. The minimum absolute atomic E-state index is 0. The Labute approximate surface area is 206 Å². The summed E-state index contributed by atoms with van der Waals surface area (Å²) in [6.45, 7) is 7.95. The SMILES string of the molecule is Cc1ccc2sc(N(CCN3CCOCC3)C(=O)c3cc([N+](=O)[O-])ccc3Cl)nc2c1C.Cl. The Hall–Kier alpha value is -2.30. The Morgan fingerprint density at radius 1 is 1.27 bits per heavy atom. The molecule has 0 radical (unpaired) electrons. The second-order valence-electron chi connectivity index (χ2n) is 7.68. The Kier molecular flexibility index (Phi) is 8.25. The van der Waals surface area contributed by atoms with Gasteiger partial charge in [0.2, 0.25) is 0 Å². The number of ether oxygens (including phenoxy) is 1. The molecule has 33 heavy (non-hydrogen) atoms. The van der Waals surface area contributed by atoms with Gasteiger partial charge in [0, 0.05) is 38.3 Å². The number of aromatic nitrogens is 1. The number of anilines is 1. The number of nitrogens with zero attached hydrogens (tertiary/aromatic N) is 4. The highest BCUT2D eigenvalue weighted by Crippen LogP contribution is 2.33. The molecule has 0 bridgehead atoms. The number of non-ortho nitro benzene ring substituents is 1. The number of rotatable bonds is 6. The van der Waals surface area contributed by atoms with Gasteiger partial charge in [0.25, 0.3) is 11.6 Å². The summed E-state index contributed by atoms with van der Waals surface area (Å²) in [5, 5.41) is 12.0. The van der Waals surface area contributed by atoms with E-state index in [0.717, 1.165) is 34.4 Å². The van der Waals surface area contributed by atoms with E-state index in [9.17, 15) is 14.9 Å². The van der Waals surface area contributed by atoms with Gasteiger partial charge in [-0.2, -0.15) is 0 Å². The van der Waals surface area contributed by atoms with Crippen LogP contribution in [0.4, 0.5) is 10.8 Å². The third-order valence-electron chi connectivity index (χ3n) is 5.68. The van der Waals surface area contributed by atoms with Crippen molar-refractivity contribution in [1.29, 1.82) is 0 Å². The van der Waals surface area contributed by atoms with E-state index in [2.05, 4.69) is 4.90 Å². The first-order valence-electron chi connectivity index (χ1n) is 10.3. The van der Waals surface area contributed by atoms with Gasteiger partial charge in [-0.15, -0.1) is 12.4 Å². The Balaban J connectivity index is 0.00000306. The maximum absolute atomic E-state index is 13.6. The number of benzene rings is 2. The third-order valence-corrected chi connectivity index (χ3v) is 7.06. The van der Waals surface area contributed by atoms with Gasteiger partial charge < -0.3 is 4.74 Å². The van der Waals surface area contributed by atoms with Crippen molar-refractivity contribution in [2.24, 2.45) is 0 Å². The molecule has 11 heteroatoms. The normalized spacial score (nSPS) is 14.2. The fraction of sp³-hybridized carbons (Fsp3) is 0.364. The smallest absolute Gasteiger partial charge is 0.270 e. The molecular formula is C22H24Cl2N4O4S. The van der Waals surface area contributed by atoms with Crippen LogP contribution < -0.4 is 4.90 Å². The summed E-state index contributed by atoms with van der Waals surface area (Å²) in [6.07, 6.45) is 0. The first kappa shape index (κ1) is 25.3. The molecule has 1 aliphatic heterocycles. The van der Waals surface area contributed by atoms with Crippen LogP contribution in [0.2, 0.25) is 5.02 Å². The highest BCUT2D eigenvalue weighted by Gasteiger charge is 2.26. The number of amides is 1. The van der Waals surface area contributed by atoms with Crippen LogP contribution in [0.15, 0.2) is 30.3 Å². The van der Waals surface area contributed by atoms with Crippen LogP contribution in [-0.2, 0) is 4.74 Å². The lowest BCUT2D eigenvalue weighted by Gasteiger charge is -2.29. The Morgan fingerprint density at radius 3 is 2.70 bits per heavy atom. The van der Waals surface area contributed by atoms with E-state index in [1.807, 2.05) is 26.0 Å². The fourth-order valence-corrected chi connectivity index (χ4v) is 4.86. The van der Waals surface area contributed by atoms with Gasteiger partial charge in [-0.25, -0.2) is 4.98 Å². The highest BCUT2D eigenvalue weighted by molar-refractivity contribution is 7.22. The van der Waals surface area contributed by atoms with Crippen LogP contribution >= 0.6 is 35.3 Å². The molecule has 2 aromatic carbocycles. The molecule has 0 spiro atoms. The summed E-state index contributed by atoms with van der Waals surface area (Å²) in [7, 11) is 0. The summed E-state index contributed by atoms with van der Waals surface area (Å²) in [6, 6.07) is 7.95. The van der Waals surface area contributed by atoms with Crippen molar-refractivity contribution in [3.63, 3.8) is 0 Å². The second-order valence-corrected chi connectivity index (χ2v) is 9.10. The maximum Gasteiger partial charge on any atom is 0.270 e. The molecule has 1 aliphatic rings. The molecule has 2 heterocycles. The van der Waals surface area contributed by atoms with Gasteiger partial charge >= 0.3 is 0 Å². The number of halogens is 2. The average molecular weight is 511 g/mol. The lowest BCUT2D eigenvalue weighted by atomic mass is 10.1. The van der Waals surface area contributed by atoms with E-state index in [-0.39, 0.29) is 28.7 Å². The quantitative estimate of drug-likeness (QED) is 0.347. The Morgan fingerprint density at radius 2 is 2.00 bits per heavy atom. The molecular weight excluding hydrogens is 487 g/mol. The number of morpholine rings is 1. The summed E-state index contributed by atoms with van der Waals surface area (Å²) in [4.78, 5) is 32.9. The van der Waals surface area contributed by atoms with Crippen LogP contribution in [0.3, 0.4) is 0 Å². The third kappa shape index (κ3) is 5.44. The van der Waals surface area contributed by atoms with Crippen molar-refractivity contribution in [2.75, 3.05) is 44.3 Å². The summed E-state index contributed by atoms with van der Waals surface area (Å²) < 4.78 is 6.39. The molecule has 0 aliphatic carbocycles. The largest absolute Gasteiger partial charge is 0.379 e. The van der Waals surface area contributed by atoms with Gasteiger partial charge in [0.05, 0.1) is 38.9 Å². The molecule has 0 unspecified atom stereocenters. The number of nitro benzene ring substituents is 1. The molecule has 1 fully saturated rings. The maximum atomic E-state index is 13.6. The van der Waals surface area contributed by atoms with Crippen LogP contribution in [0, 0.1) is 24.0 Å². The summed E-state index contributed by atoms with van der Waals surface area (Å²) in [5.74, 6) is -0.402. The van der Waals surface area contributed by atoms with Crippen LogP contribution in [0.1, 0.15) is 21.5 Å². The number of aryl methyl sites for hydroxylation is 2. The highest BCUT2D eigenvalue weighted by atomic mass is 35.5. The number of thiazole rings is 1. The Bertz CT molecular complexity index is 1180. The van der Waals surface area contributed by atoms with E-state index < -0.39 is 10.8 Å². The van der Waals surface area contributed by atoms with Crippen molar-refractivity contribution in [3.05, 3.63) is 62.2 Å². The number of carbonyl (C=O) groups excluding carboxylic acids is 1. The van der Waals surface area contributed by atoms with Crippen molar-refractivity contribution in [2.45, 2.75) is 13.8 Å². The predicted molar refractivity (Wildman–Crippen MR) is 133 cm³/mol. The lowest BCUT2D eigenvalue weighted by Crippen LogP contribution is -2.43. The molecule has 0 atom stereocenters. The zero-order valence-corrected chi connectivity index (χ0v) is 20.6. The van der Waals surface area contributed by atoms with Gasteiger partial charge in [-0.3, -0.25) is 24.7 Å². The zero-order valence-electron chi connectivity index (χ0n) is 18.2. The van der Waals surface area contributed by atoms with Gasteiger partial charge in [-0.1, -0.05) is 29.0 Å².